The Morgan fingerprint density at radius 3 is 2.13 bits per heavy atom. The summed E-state index contributed by atoms with van der Waals surface area (Å²) in [6.45, 7) is 14.5. The molecule has 2 aliphatic rings. The number of ketones is 1. The van der Waals surface area contributed by atoms with Crippen LogP contribution in [0.3, 0.4) is 0 Å². The molecule has 2 amide bonds. The van der Waals surface area contributed by atoms with Crippen molar-refractivity contribution >= 4 is 29.7 Å². The number of esters is 2. The van der Waals surface area contributed by atoms with Crippen molar-refractivity contribution in [3.63, 3.8) is 0 Å². The van der Waals surface area contributed by atoms with Gasteiger partial charge in [-0.15, -0.1) is 0 Å². The molecule has 39 heavy (non-hydrogen) atoms. The highest BCUT2D eigenvalue weighted by Crippen LogP contribution is 2.32. The van der Waals surface area contributed by atoms with Gasteiger partial charge >= 0.3 is 18.0 Å². The summed E-state index contributed by atoms with van der Waals surface area (Å²) in [4.78, 5) is 65.6. The molecule has 1 saturated heterocycles. The summed E-state index contributed by atoms with van der Waals surface area (Å²) >= 11 is 0. The summed E-state index contributed by atoms with van der Waals surface area (Å²) in [5, 5.41) is 2.55. The van der Waals surface area contributed by atoms with Crippen LogP contribution in [0.5, 0.6) is 0 Å². The molecule has 0 aromatic rings. The van der Waals surface area contributed by atoms with Crippen molar-refractivity contribution in [1.82, 2.24) is 10.2 Å². The number of ether oxygens (including phenoxy) is 3. The number of carbonyl (C=O) groups excluding carboxylic acids is 5. The fraction of sp³-hybridized carbons (Fsp3) is 0.759. The van der Waals surface area contributed by atoms with Gasteiger partial charge < -0.3 is 24.4 Å². The molecule has 0 unspecified atom stereocenters. The molecule has 222 valence electrons. The SMILES string of the molecule is CC.COC(=O)N[C@H]1C/C=C\C[C@H]2CC[C@@H](C(=O)C[C@@H](CCC(=O)OC(C)(C)C)C(=O)OC(C)(C)C)N2C1=O. The number of amides is 2. The molecule has 0 spiro atoms. The molecule has 4 atom stereocenters. The second-order valence-corrected chi connectivity index (χ2v) is 11.6. The van der Waals surface area contributed by atoms with Crippen LogP contribution in [0.25, 0.3) is 0 Å². The van der Waals surface area contributed by atoms with Gasteiger partial charge in [-0.3, -0.25) is 19.2 Å². The largest absolute Gasteiger partial charge is 0.460 e. The van der Waals surface area contributed by atoms with Crippen LogP contribution in [-0.4, -0.2) is 71.1 Å². The monoisotopic (exact) mass is 552 g/mol. The predicted octanol–water partition coefficient (Wildman–Crippen LogP) is 4.49. The van der Waals surface area contributed by atoms with E-state index in [-0.39, 0.29) is 43.4 Å². The van der Waals surface area contributed by atoms with E-state index in [9.17, 15) is 24.0 Å². The smallest absolute Gasteiger partial charge is 0.407 e. The van der Waals surface area contributed by atoms with E-state index in [4.69, 9.17) is 9.47 Å². The van der Waals surface area contributed by atoms with Gasteiger partial charge in [-0.2, -0.15) is 0 Å². The number of Topliss-reactive ketones (excluding diaryl/α,β-unsaturated/α-hetero) is 1. The summed E-state index contributed by atoms with van der Waals surface area (Å²) in [6.07, 6.45) is 4.95. The Hall–Kier alpha value is -2.91. The average molecular weight is 553 g/mol. The summed E-state index contributed by atoms with van der Waals surface area (Å²) < 4.78 is 15.5. The topological polar surface area (TPSA) is 128 Å². The van der Waals surface area contributed by atoms with Gasteiger partial charge in [0.25, 0.3) is 0 Å². The van der Waals surface area contributed by atoms with E-state index in [1.807, 2.05) is 26.0 Å². The molecule has 1 fully saturated rings. The van der Waals surface area contributed by atoms with Crippen molar-refractivity contribution in [2.24, 2.45) is 5.92 Å². The average Bonchev–Trinajstić information content (AvgIpc) is 3.24. The van der Waals surface area contributed by atoms with E-state index in [2.05, 4.69) is 10.1 Å². The first-order valence-electron chi connectivity index (χ1n) is 13.9. The highest BCUT2D eigenvalue weighted by molar-refractivity contribution is 5.94. The Balaban J connectivity index is 0.00000371. The third-order valence-corrected chi connectivity index (χ3v) is 6.16. The van der Waals surface area contributed by atoms with E-state index in [1.54, 1.807) is 46.4 Å². The minimum atomic E-state index is -0.855. The zero-order valence-electron chi connectivity index (χ0n) is 25.1. The van der Waals surface area contributed by atoms with Crippen LogP contribution in [0, 0.1) is 5.92 Å². The second kappa shape index (κ2) is 15.0. The number of alkyl carbamates (subject to hydrolysis) is 1. The van der Waals surface area contributed by atoms with Crippen molar-refractivity contribution in [2.75, 3.05) is 7.11 Å². The fourth-order valence-electron chi connectivity index (χ4n) is 4.60. The van der Waals surface area contributed by atoms with Crippen molar-refractivity contribution in [3.8, 4) is 0 Å². The maximum atomic E-state index is 13.5. The summed E-state index contributed by atoms with van der Waals surface area (Å²) in [5.74, 6) is -2.49. The fourth-order valence-corrected chi connectivity index (χ4v) is 4.60. The number of rotatable bonds is 8. The van der Waals surface area contributed by atoms with Gasteiger partial charge in [0.1, 0.15) is 17.2 Å². The van der Waals surface area contributed by atoms with E-state index in [0.717, 1.165) is 0 Å². The van der Waals surface area contributed by atoms with Gasteiger partial charge in [0.15, 0.2) is 5.78 Å². The maximum Gasteiger partial charge on any atom is 0.407 e. The summed E-state index contributed by atoms with van der Waals surface area (Å²) in [5.41, 5.74) is -1.43. The van der Waals surface area contributed by atoms with Crippen molar-refractivity contribution in [1.29, 1.82) is 0 Å². The first-order chi connectivity index (χ1) is 18.1. The zero-order valence-corrected chi connectivity index (χ0v) is 25.1. The molecule has 1 N–H and O–H groups in total. The summed E-state index contributed by atoms with van der Waals surface area (Å²) in [7, 11) is 1.22. The first kappa shape index (κ1) is 34.1. The van der Waals surface area contributed by atoms with Crippen LogP contribution in [0.2, 0.25) is 0 Å². The van der Waals surface area contributed by atoms with Crippen molar-refractivity contribution < 1.29 is 38.2 Å². The molecule has 10 heteroatoms. The highest BCUT2D eigenvalue weighted by atomic mass is 16.6. The van der Waals surface area contributed by atoms with Crippen molar-refractivity contribution in [2.45, 2.75) is 130 Å². The Morgan fingerprint density at radius 1 is 0.974 bits per heavy atom. The molecular formula is C29H48N2O8. The molecule has 0 aromatic carbocycles. The van der Waals surface area contributed by atoms with E-state index in [0.29, 0.717) is 19.3 Å². The lowest BCUT2D eigenvalue weighted by atomic mass is 9.92. The number of nitrogens with zero attached hydrogens (tertiary/aromatic N) is 1. The van der Waals surface area contributed by atoms with E-state index in [1.165, 1.54) is 7.11 Å². The second-order valence-electron chi connectivity index (χ2n) is 11.6. The molecule has 2 rings (SSSR count). The molecule has 2 aliphatic heterocycles. The number of carbonyl (C=O) groups is 5. The van der Waals surface area contributed by atoms with Gasteiger partial charge in [0.2, 0.25) is 5.91 Å². The van der Waals surface area contributed by atoms with Crippen LogP contribution < -0.4 is 5.32 Å². The quantitative estimate of drug-likeness (QED) is 0.265. The standard InChI is InChI=1S/C27H42N2O8.C2H6/c1-26(2,3)36-22(31)15-12-17(24(33)37-27(4,5)6)16-21(30)20-14-13-18-10-8-9-11-19(23(32)29(18)20)28-25(34)35-7;1-2/h8-9,17-20H,10-16H2,1-7H3,(H,28,34);1-2H3/b9-8-;/t17-,18+,19+,20+;/m1./s1. The number of methoxy groups -OCH3 is 1. The van der Waals surface area contributed by atoms with E-state index < -0.39 is 47.2 Å². The lowest BCUT2D eigenvalue weighted by Crippen LogP contribution is -2.54. The molecule has 0 aliphatic carbocycles. The normalized spacial score (nSPS) is 22.6. The van der Waals surface area contributed by atoms with Gasteiger partial charge in [0, 0.05) is 18.9 Å². The van der Waals surface area contributed by atoms with Crippen LogP contribution in [-0.2, 0) is 33.4 Å². The number of hydrogen-bond donors (Lipinski definition) is 1. The Labute approximate surface area is 233 Å². The zero-order chi connectivity index (χ0) is 30.0. The Morgan fingerprint density at radius 2 is 1.56 bits per heavy atom. The van der Waals surface area contributed by atoms with Crippen molar-refractivity contribution in [3.05, 3.63) is 12.2 Å². The minimum Gasteiger partial charge on any atom is -0.460 e. The molecule has 10 nitrogen and oxygen atoms in total. The number of nitrogens with one attached hydrogen (secondary N) is 1. The molecule has 0 radical (unpaired) electrons. The van der Waals surface area contributed by atoms with Crippen LogP contribution in [0.15, 0.2) is 12.2 Å². The number of hydrogen-bond acceptors (Lipinski definition) is 8. The predicted molar refractivity (Wildman–Crippen MR) is 147 cm³/mol. The van der Waals surface area contributed by atoms with Gasteiger partial charge in [-0.25, -0.2) is 4.79 Å². The third kappa shape index (κ3) is 11.4. The molecule has 0 bridgehead atoms. The van der Waals surface area contributed by atoms with Gasteiger partial charge in [0.05, 0.1) is 19.1 Å². The lowest BCUT2D eigenvalue weighted by molar-refractivity contribution is -0.162. The molecule has 2 heterocycles. The van der Waals surface area contributed by atoms with Crippen LogP contribution >= 0.6 is 0 Å². The van der Waals surface area contributed by atoms with Crippen LogP contribution in [0.1, 0.15) is 100 Å². The van der Waals surface area contributed by atoms with Gasteiger partial charge in [-0.1, -0.05) is 26.0 Å². The van der Waals surface area contributed by atoms with Gasteiger partial charge in [-0.05, 0) is 73.6 Å². The lowest BCUT2D eigenvalue weighted by Gasteiger charge is -2.34. The highest BCUT2D eigenvalue weighted by Gasteiger charge is 2.44. The Bertz CT molecular complexity index is 900. The summed E-state index contributed by atoms with van der Waals surface area (Å²) in [6, 6.07) is -1.76. The number of fused-ring (bicyclic) bond motifs is 1. The van der Waals surface area contributed by atoms with Crippen LogP contribution in [0.4, 0.5) is 4.79 Å². The van der Waals surface area contributed by atoms with E-state index >= 15 is 0 Å². The maximum absolute atomic E-state index is 13.5. The molecule has 0 saturated carbocycles. The molecule has 0 aromatic heterocycles. The Kier molecular flexibility index (Phi) is 13.1. The minimum absolute atomic E-state index is 0.0414. The third-order valence-electron chi connectivity index (χ3n) is 6.16. The first-order valence-corrected chi connectivity index (χ1v) is 13.9. The molecular weight excluding hydrogens is 504 g/mol.